The van der Waals surface area contributed by atoms with Gasteiger partial charge in [-0.15, -0.1) is 0 Å². The molecule has 1 saturated carbocycles. The molecule has 0 bridgehead atoms. The molecule has 6 heteroatoms. The van der Waals surface area contributed by atoms with Crippen LogP contribution < -0.4 is 5.32 Å². The van der Waals surface area contributed by atoms with E-state index < -0.39 is 11.7 Å². The van der Waals surface area contributed by atoms with Gasteiger partial charge in [0.1, 0.15) is 10.4 Å². The number of nitrogens with one attached hydrogen (secondary N) is 1. The van der Waals surface area contributed by atoms with Crippen molar-refractivity contribution in [2.75, 3.05) is 5.32 Å². The Morgan fingerprint density at radius 2 is 2.06 bits per heavy atom. The Balaban J connectivity index is 2.19. The lowest BCUT2D eigenvalue weighted by Crippen LogP contribution is -2.19. The van der Waals surface area contributed by atoms with Crippen LogP contribution >= 0.6 is 15.9 Å². The van der Waals surface area contributed by atoms with E-state index >= 15 is 0 Å². The fraction of sp³-hybridized carbons (Fsp3) is 0.545. The number of alkyl halides is 3. The molecule has 0 saturated heterocycles. The van der Waals surface area contributed by atoms with Crippen LogP contribution in [0.4, 0.5) is 19.0 Å². The van der Waals surface area contributed by atoms with Gasteiger partial charge in [0, 0.05) is 6.04 Å². The number of pyridine rings is 1. The minimum Gasteiger partial charge on any atom is -0.367 e. The molecule has 0 aromatic carbocycles. The van der Waals surface area contributed by atoms with Gasteiger partial charge in [0.2, 0.25) is 0 Å². The SMILES string of the molecule is C[C@H](Nc1cc(C(F)(F)F)cc(Br)n1)C1CC1. The molecule has 1 N–H and O–H groups in total. The lowest BCUT2D eigenvalue weighted by atomic mass is 10.2. The average Bonchev–Trinajstić information content (AvgIpc) is 2.97. The third kappa shape index (κ3) is 3.34. The van der Waals surface area contributed by atoms with Crippen molar-refractivity contribution in [1.82, 2.24) is 4.98 Å². The summed E-state index contributed by atoms with van der Waals surface area (Å²) in [5.41, 5.74) is -0.690. The van der Waals surface area contributed by atoms with Crippen molar-refractivity contribution in [3.8, 4) is 0 Å². The number of halogens is 4. The number of hydrogen-bond acceptors (Lipinski definition) is 2. The highest BCUT2D eigenvalue weighted by molar-refractivity contribution is 9.10. The van der Waals surface area contributed by atoms with Gasteiger partial charge in [-0.3, -0.25) is 0 Å². The smallest absolute Gasteiger partial charge is 0.367 e. The van der Waals surface area contributed by atoms with Crippen LogP contribution in [0.25, 0.3) is 0 Å². The maximum absolute atomic E-state index is 12.6. The Labute approximate surface area is 106 Å². The molecule has 17 heavy (non-hydrogen) atoms. The predicted octanol–water partition coefficient (Wildman–Crippen LogP) is 4.07. The second kappa shape index (κ2) is 4.48. The molecule has 0 aliphatic heterocycles. The molecule has 2 nitrogen and oxygen atoms in total. The van der Waals surface area contributed by atoms with Crippen LogP contribution in [0.3, 0.4) is 0 Å². The Hall–Kier alpha value is -0.780. The van der Waals surface area contributed by atoms with Gasteiger partial charge in [-0.1, -0.05) is 0 Å². The number of nitrogens with zero attached hydrogens (tertiary/aromatic N) is 1. The molecular formula is C11H12BrF3N2. The Morgan fingerprint density at radius 3 is 2.59 bits per heavy atom. The molecule has 1 heterocycles. The number of anilines is 1. The van der Waals surface area contributed by atoms with Crippen molar-refractivity contribution >= 4 is 21.7 Å². The first-order valence-electron chi connectivity index (χ1n) is 5.37. The second-order valence-electron chi connectivity index (χ2n) is 4.33. The van der Waals surface area contributed by atoms with Crippen molar-refractivity contribution in [3.63, 3.8) is 0 Å². The maximum atomic E-state index is 12.6. The molecule has 1 aliphatic carbocycles. The van der Waals surface area contributed by atoms with Crippen LogP contribution in [-0.4, -0.2) is 11.0 Å². The van der Waals surface area contributed by atoms with Crippen molar-refractivity contribution in [2.24, 2.45) is 5.92 Å². The summed E-state index contributed by atoms with van der Waals surface area (Å²) in [4.78, 5) is 4.00. The second-order valence-corrected chi connectivity index (χ2v) is 5.14. The predicted molar refractivity (Wildman–Crippen MR) is 62.7 cm³/mol. The van der Waals surface area contributed by atoms with Gasteiger partial charge < -0.3 is 5.32 Å². The molecule has 1 aromatic rings. The van der Waals surface area contributed by atoms with Crippen molar-refractivity contribution in [3.05, 3.63) is 22.3 Å². The van der Waals surface area contributed by atoms with Gasteiger partial charge >= 0.3 is 6.18 Å². The highest BCUT2D eigenvalue weighted by Gasteiger charge is 2.32. The standard InChI is InChI=1S/C11H12BrF3N2/c1-6(7-2-3-7)16-10-5-8(11(13,14)15)4-9(12)17-10/h4-7H,2-3H2,1H3,(H,16,17)/t6-/m0/s1. The van der Waals surface area contributed by atoms with Crippen molar-refractivity contribution in [1.29, 1.82) is 0 Å². The zero-order valence-corrected chi connectivity index (χ0v) is 10.8. The lowest BCUT2D eigenvalue weighted by molar-refractivity contribution is -0.137. The first kappa shape index (κ1) is 12.7. The fourth-order valence-electron chi connectivity index (χ4n) is 1.68. The van der Waals surface area contributed by atoms with Crippen LogP contribution in [0, 0.1) is 5.92 Å². The van der Waals surface area contributed by atoms with Crippen molar-refractivity contribution in [2.45, 2.75) is 32.0 Å². The van der Waals surface area contributed by atoms with Gasteiger partial charge in [-0.25, -0.2) is 4.98 Å². The first-order valence-corrected chi connectivity index (χ1v) is 6.17. The molecule has 2 rings (SSSR count). The average molecular weight is 309 g/mol. The van der Waals surface area contributed by atoms with E-state index in [0.717, 1.165) is 25.0 Å². The monoisotopic (exact) mass is 308 g/mol. The first-order chi connectivity index (χ1) is 7.86. The summed E-state index contributed by atoms with van der Waals surface area (Å²) in [6.45, 7) is 1.97. The Bertz CT molecular complexity index is 416. The summed E-state index contributed by atoms with van der Waals surface area (Å²) < 4.78 is 37.9. The summed E-state index contributed by atoms with van der Waals surface area (Å²) in [6.07, 6.45) is -2.08. The van der Waals surface area contributed by atoms with E-state index in [1.807, 2.05) is 6.92 Å². The van der Waals surface area contributed by atoms with E-state index in [4.69, 9.17) is 0 Å². The summed E-state index contributed by atoms with van der Waals surface area (Å²) in [5.74, 6) is 0.830. The highest BCUT2D eigenvalue weighted by atomic mass is 79.9. The van der Waals surface area contributed by atoms with Gasteiger partial charge in [0.15, 0.2) is 0 Å². The van der Waals surface area contributed by atoms with E-state index in [2.05, 4.69) is 26.2 Å². The Morgan fingerprint density at radius 1 is 1.41 bits per heavy atom. The number of aromatic nitrogens is 1. The molecule has 0 amide bonds. The van der Waals surface area contributed by atoms with Gasteiger partial charge in [-0.2, -0.15) is 13.2 Å². The number of hydrogen-bond donors (Lipinski definition) is 1. The summed E-state index contributed by atoms with van der Waals surface area (Å²) in [5, 5.41) is 3.02. The van der Waals surface area contributed by atoms with Gasteiger partial charge in [0.05, 0.1) is 5.56 Å². The van der Waals surface area contributed by atoms with Gasteiger partial charge in [0.25, 0.3) is 0 Å². The van der Waals surface area contributed by atoms with Crippen LogP contribution in [0.15, 0.2) is 16.7 Å². The third-order valence-electron chi connectivity index (χ3n) is 2.83. The van der Waals surface area contributed by atoms with E-state index in [1.165, 1.54) is 0 Å². The largest absolute Gasteiger partial charge is 0.416 e. The normalized spacial score (nSPS) is 17.9. The zero-order valence-electron chi connectivity index (χ0n) is 9.18. The molecule has 1 fully saturated rings. The molecule has 0 spiro atoms. The molecule has 1 aliphatic rings. The van der Waals surface area contributed by atoms with E-state index in [0.29, 0.717) is 5.92 Å². The Kier molecular flexibility index (Phi) is 3.34. The fourth-order valence-corrected chi connectivity index (χ4v) is 2.12. The molecule has 0 radical (unpaired) electrons. The molecule has 1 atom stereocenters. The molecular weight excluding hydrogens is 297 g/mol. The van der Waals surface area contributed by atoms with Crippen LogP contribution in [-0.2, 0) is 6.18 Å². The quantitative estimate of drug-likeness (QED) is 0.851. The van der Waals surface area contributed by atoms with Crippen LogP contribution in [0.5, 0.6) is 0 Å². The van der Waals surface area contributed by atoms with E-state index in [9.17, 15) is 13.2 Å². The van der Waals surface area contributed by atoms with E-state index in [-0.39, 0.29) is 16.5 Å². The summed E-state index contributed by atoms with van der Waals surface area (Å²) in [6, 6.07) is 2.19. The molecule has 1 aromatic heterocycles. The molecule has 0 unspecified atom stereocenters. The third-order valence-corrected chi connectivity index (χ3v) is 3.23. The summed E-state index contributed by atoms with van der Waals surface area (Å²) >= 11 is 3.00. The van der Waals surface area contributed by atoms with Crippen LogP contribution in [0.1, 0.15) is 25.3 Å². The number of rotatable bonds is 3. The van der Waals surface area contributed by atoms with E-state index in [1.54, 1.807) is 0 Å². The molecule has 94 valence electrons. The highest BCUT2D eigenvalue weighted by Crippen LogP contribution is 2.35. The van der Waals surface area contributed by atoms with Gasteiger partial charge in [-0.05, 0) is 53.7 Å². The van der Waals surface area contributed by atoms with Crippen molar-refractivity contribution < 1.29 is 13.2 Å². The summed E-state index contributed by atoms with van der Waals surface area (Å²) in [7, 11) is 0. The maximum Gasteiger partial charge on any atom is 0.416 e. The lowest BCUT2D eigenvalue weighted by Gasteiger charge is -2.15. The zero-order chi connectivity index (χ0) is 12.6. The van der Waals surface area contributed by atoms with Crippen LogP contribution in [0.2, 0.25) is 0 Å². The topological polar surface area (TPSA) is 24.9 Å². The minimum absolute atomic E-state index is 0.165. The minimum atomic E-state index is -4.34.